The second-order valence-electron chi connectivity index (χ2n) is 3.12. The number of carboxylic acids is 1. The first kappa shape index (κ1) is 9.27. The van der Waals surface area contributed by atoms with Gasteiger partial charge in [0.25, 0.3) is 0 Å². The lowest BCUT2D eigenvalue weighted by Crippen LogP contribution is -2.15. The van der Waals surface area contributed by atoms with E-state index >= 15 is 0 Å². The summed E-state index contributed by atoms with van der Waals surface area (Å²) in [5.41, 5.74) is 0.662. The number of aldehydes is 1. The molecule has 0 bridgehead atoms. The van der Waals surface area contributed by atoms with Crippen molar-refractivity contribution >= 4 is 24.0 Å². The molecule has 3 nitrogen and oxygen atoms in total. The van der Waals surface area contributed by atoms with Crippen molar-refractivity contribution in [2.45, 2.75) is 5.25 Å². The van der Waals surface area contributed by atoms with Crippen LogP contribution in [0.4, 0.5) is 0 Å². The number of thioether (sulfide) groups is 1. The zero-order valence-electron chi connectivity index (χ0n) is 7.21. The SMILES string of the molecule is O=CC1=CC=CC2C=C(C(=O)O)SC12. The van der Waals surface area contributed by atoms with E-state index in [4.69, 9.17) is 5.11 Å². The molecule has 1 N–H and O–H groups in total. The molecular formula is C10H8O3S. The van der Waals surface area contributed by atoms with Crippen molar-refractivity contribution in [3.8, 4) is 0 Å². The lowest BCUT2D eigenvalue weighted by atomic mass is 9.94. The molecule has 0 saturated carbocycles. The van der Waals surface area contributed by atoms with Gasteiger partial charge in [-0.15, -0.1) is 11.8 Å². The zero-order valence-corrected chi connectivity index (χ0v) is 8.03. The van der Waals surface area contributed by atoms with Gasteiger partial charge in [0.05, 0.1) is 4.91 Å². The third-order valence-electron chi connectivity index (χ3n) is 2.24. The molecule has 0 aromatic heterocycles. The van der Waals surface area contributed by atoms with Gasteiger partial charge in [0.1, 0.15) is 6.29 Å². The Morgan fingerprint density at radius 2 is 2.36 bits per heavy atom. The summed E-state index contributed by atoms with van der Waals surface area (Å²) in [6.45, 7) is 0. The molecule has 0 amide bonds. The summed E-state index contributed by atoms with van der Waals surface area (Å²) in [7, 11) is 0. The van der Waals surface area contributed by atoms with Gasteiger partial charge in [-0.2, -0.15) is 0 Å². The van der Waals surface area contributed by atoms with E-state index in [1.807, 2.05) is 6.08 Å². The van der Waals surface area contributed by atoms with Crippen LogP contribution < -0.4 is 0 Å². The van der Waals surface area contributed by atoms with Gasteiger partial charge in [-0.1, -0.05) is 24.3 Å². The van der Waals surface area contributed by atoms with E-state index in [1.54, 1.807) is 18.2 Å². The fourth-order valence-electron chi connectivity index (χ4n) is 1.58. The summed E-state index contributed by atoms with van der Waals surface area (Å²) in [4.78, 5) is 21.7. The zero-order chi connectivity index (χ0) is 10.1. The van der Waals surface area contributed by atoms with Crippen LogP contribution in [0.15, 0.2) is 34.8 Å². The van der Waals surface area contributed by atoms with Crippen LogP contribution in [-0.2, 0) is 9.59 Å². The standard InChI is InChI=1S/C10H8O3S/c11-5-7-3-1-2-6-4-8(10(12)13)14-9(6)7/h1-6,9H,(H,12,13). The molecule has 2 rings (SSSR count). The van der Waals surface area contributed by atoms with Crippen LogP contribution in [-0.4, -0.2) is 22.6 Å². The molecular weight excluding hydrogens is 200 g/mol. The van der Waals surface area contributed by atoms with E-state index in [2.05, 4.69) is 0 Å². The summed E-state index contributed by atoms with van der Waals surface area (Å²) < 4.78 is 0. The molecule has 0 fully saturated rings. The van der Waals surface area contributed by atoms with Crippen molar-refractivity contribution in [3.05, 3.63) is 34.8 Å². The third kappa shape index (κ3) is 1.42. The van der Waals surface area contributed by atoms with Crippen molar-refractivity contribution in [3.63, 3.8) is 0 Å². The highest BCUT2D eigenvalue weighted by Gasteiger charge is 2.33. The molecule has 1 heterocycles. The van der Waals surface area contributed by atoms with Gasteiger partial charge >= 0.3 is 5.97 Å². The third-order valence-corrected chi connectivity index (χ3v) is 3.65. The van der Waals surface area contributed by atoms with Gasteiger partial charge in [-0.3, -0.25) is 4.79 Å². The summed E-state index contributed by atoms with van der Waals surface area (Å²) in [6, 6.07) is 0. The van der Waals surface area contributed by atoms with Crippen LogP contribution in [0.1, 0.15) is 0 Å². The molecule has 14 heavy (non-hydrogen) atoms. The Hall–Kier alpha value is -1.29. The lowest BCUT2D eigenvalue weighted by molar-refractivity contribution is -0.131. The highest BCUT2D eigenvalue weighted by Crippen LogP contribution is 2.42. The van der Waals surface area contributed by atoms with Crippen LogP contribution in [0.25, 0.3) is 0 Å². The monoisotopic (exact) mass is 208 g/mol. The molecule has 2 unspecified atom stereocenters. The van der Waals surface area contributed by atoms with Crippen molar-refractivity contribution in [1.29, 1.82) is 0 Å². The second kappa shape index (κ2) is 3.46. The van der Waals surface area contributed by atoms with Crippen LogP contribution >= 0.6 is 11.8 Å². The smallest absolute Gasteiger partial charge is 0.341 e. The second-order valence-corrected chi connectivity index (χ2v) is 4.30. The minimum Gasteiger partial charge on any atom is -0.477 e. The summed E-state index contributed by atoms with van der Waals surface area (Å²) in [5, 5.41) is 8.76. The number of fused-ring (bicyclic) bond motifs is 1. The van der Waals surface area contributed by atoms with Crippen molar-refractivity contribution in [2.24, 2.45) is 5.92 Å². The number of carboxylic acid groups (broad SMARTS) is 1. The van der Waals surface area contributed by atoms with Gasteiger partial charge in [-0.05, 0) is 0 Å². The lowest BCUT2D eigenvalue weighted by Gasteiger charge is -2.17. The first-order valence-electron chi connectivity index (χ1n) is 4.17. The van der Waals surface area contributed by atoms with Crippen LogP contribution in [0.5, 0.6) is 0 Å². The molecule has 0 aromatic carbocycles. The first-order chi connectivity index (χ1) is 6.72. The van der Waals surface area contributed by atoms with E-state index in [0.717, 1.165) is 6.29 Å². The number of carbonyl (C=O) groups excluding carboxylic acids is 1. The van der Waals surface area contributed by atoms with Crippen molar-refractivity contribution in [2.75, 3.05) is 0 Å². The van der Waals surface area contributed by atoms with Crippen LogP contribution in [0, 0.1) is 5.92 Å². The number of hydrogen-bond acceptors (Lipinski definition) is 3. The number of aliphatic carboxylic acids is 1. The first-order valence-corrected chi connectivity index (χ1v) is 5.05. The van der Waals surface area contributed by atoms with Gasteiger partial charge in [0.2, 0.25) is 0 Å². The number of hydrogen-bond donors (Lipinski definition) is 1. The fourth-order valence-corrected chi connectivity index (χ4v) is 2.79. The predicted octanol–water partition coefficient (Wildman–Crippen LogP) is 1.38. The van der Waals surface area contributed by atoms with Gasteiger partial charge in [0, 0.05) is 16.7 Å². The van der Waals surface area contributed by atoms with Crippen molar-refractivity contribution < 1.29 is 14.7 Å². The minimum absolute atomic E-state index is 0.0383. The maximum absolute atomic E-state index is 10.7. The van der Waals surface area contributed by atoms with Gasteiger partial charge in [0.15, 0.2) is 0 Å². The molecule has 0 aromatic rings. The van der Waals surface area contributed by atoms with E-state index in [1.165, 1.54) is 11.8 Å². The average molecular weight is 208 g/mol. The Balaban J connectivity index is 2.27. The Morgan fingerprint density at radius 3 is 3.00 bits per heavy atom. The Labute approximate surface area is 85.2 Å². The highest BCUT2D eigenvalue weighted by molar-refractivity contribution is 8.05. The van der Waals surface area contributed by atoms with Crippen LogP contribution in [0.2, 0.25) is 0 Å². The maximum atomic E-state index is 10.7. The van der Waals surface area contributed by atoms with Crippen LogP contribution in [0.3, 0.4) is 0 Å². The molecule has 0 spiro atoms. The summed E-state index contributed by atoms with van der Waals surface area (Å²) in [6.07, 6.45) is 7.95. The maximum Gasteiger partial charge on any atom is 0.341 e. The Bertz CT molecular complexity index is 379. The molecule has 2 atom stereocenters. The molecule has 1 aliphatic carbocycles. The van der Waals surface area contributed by atoms with E-state index in [-0.39, 0.29) is 11.2 Å². The Kier molecular flexibility index (Phi) is 2.29. The Morgan fingerprint density at radius 1 is 1.57 bits per heavy atom. The molecule has 0 radical (unpaired) electrons. The largest absolute Gasteiger partial charge is 0.477 e. The van der Waals surface area contributed by atoms with Gasteiger partial charge in [-0.25, -0.2) is 4.79 Å². The molecule has 1 aliphatic heterocycles. The van der Waals surface area contributed by atoms with E-state index in [9.17, 15) is 9.59 Å². The van der Waals surface area contributed by atoms with E-state index in [0.29, 0.717) is 10.5 Å². The average Bonchev–Trinajstić information content (AvgIpc) is 2.60. The van der Waals surface area contributed by atoms with Crippen molar-refractivity contribution in [1.82, 2.24) is 0 Å². The van der Waals surface area contributed by atoms with E-state index < -0.39 is 5.97 Å². The topological polar surface area (TPSA) is 54.4 Å². The number of carbonyl (C=O) groups is 2. The molecule has 0 saturated heterocycles. The highest BCUT2D eigenvalue weighted by atomic mass is 32.2. The number of allylic oxidation sites excluding steroid dienone is 4. The minimum atomic E-state index is -0.914. The normalized spacial score (nSPS) is 29.1. The molecule has 72 valence electrons. The summed E-state index contributed by atoms with van der Waals surface area (Å²) in [5.74, 6) is -0.862. The number of rotatable bonds is 2. The molecule has 2 aliphatic rings. The summed E-state index contributed by atoms with van der Waals surface area (Å²) >= 11 is 1.25. The fraction of sp³-hybridized carbons (Fsp3) is 0.200. The quantitative estimate of drug-likeness (QED) is 0.696. The molecule has 4 heteroatoms. The predicted molar refractivity (Wildman–Crippen MR) is 53.9 cm³/mol. The van der Waals surface area contributed by atoms with Gasteiger partial charge < -0.3 is 5.11 Å².